The summed E-state index contributed by atoms with van der Waals surface area (Å²) in [5.41, 5.74) is 2.14. The van der Waals surface area contributed by atoms with Crippen molar-refractivity contribution in [2.75, 3.05) is 6.61 Å². The third-order valence-electron chi connectivity index (χ3n) is 4.89. The second kappa shape index (κ2) is 10.9. The van der Waals surface area contributed by atoms with Crippen LogP contribution in [0.25, 0.3) is 6.08 Å². The van der Waals surface area contributed by atoms with Crippen molar-refractivity contribution < 1.29 is 23.9 Å². The van der Waals surface area contributed by atoms with Crippen molar-refractivity contribution in [1.82, 2.24) is 0 Å². The van der Waals surface area contributed by atoms with Crippen LogP contribution in [0.4, 0.5) is 5.69 Å². The molecule has 178 valence electrons. The second-order valence-electron chi connectivity index (χ2n) is 7.29. The summed E-state index contributed by atoms with van der Waals surface area (Å²) in [5, 5.41) is 11.3. The highest BCUT2D eigenvalue weighted by Gasteiger charge is 2.26. The summed E-state index contributed by atoms with van der Waals surface area (Å²) in [7, 11) is 0. The molecule has 0 atom stereocenters. The van der Waals surface area contributed by atoms with Gasteiger partial charge in [-0.1, -0.05) is 23.7 Å². The number of nitro benzene ring substituents is 1. The number of esters is 1. The maximum absolute atomic E-state index is 12.4. The number of ether oxygens (including phenoxy) is 3. The summed E-state index contributed by atoms with van der Waals surface area (Å²) < 4.78 is 17.8. The highest BCUT2D eigenvalue weighted by Crippen LogP contribution is 2.36. The molecule has 1 aliphatic heterocycles. The molecule has 0 aliphatic carbocycles. The first-order valence-corrected chi connectivity index (χ1v) is 11.9. The van der Waals surface area contributed by atoms with Gasteiger partial charge >= 0.3 is 5.97 Å². The van der Waals surface area contributed by atoms with Gasteiger partial charge in [0.1, 0.15) is 6.61 Å². The average molecular weight is 605 g/mol. The van der Waals surface area contributed by atoms with E-state index in [0.29, 0.717) is 34.3 Å². The minimum absolute atomic E-state index is 0.0153. The third-order valence-corrected chi connectivity index (χ3v) is 6.02. The second-order valence-corrected chi connectivity index (χ2v) is 8.86. The fraction of sp³-hybridized carbons (Fsp3) is 0.120. The van der Waals surface area contributed by atoms with Gasteiger partial charge < -0.3 is 14.2 Å². The highest BCUT2D eigenvalue weighted by molar-refractivity contribution is 14.1. The summed E-state index contributed by atoms with van der Waals surface area (Å²) in [6.45, 7) is 2.46. The Labute approximate surface area is 219 Å². The lowest BCUT2D eigenvalue weighted by molar-refractivity contribution is -0.384. The molecule has 0 saturated carbocycles. The van der Waals surface area contributed by atoms with E-state index in [2.05, 4.69) is 27.6 Å². The molecule has 0 aromatic heterocycles. The molecule has 35 heavy (non-hydrogen) atoms. The van der Waals surface area contributed by atoms with Crippen molar-refractivity contribution in [3.63, 3.8) is 0 Å². The molecule has 0 radical (unpaired) electrons. The van der Waals surface area contributed by atoms with Crippen LogP contribution in [-0.2, 0) is 16.1 Å². The number of cyclic esters (lactones) is 1. The van der Waals surface area contributed by atoms with Gasteiger partial charge in [0.2, 0.25) is 5.90 Å². The van der Waals surface area contributed by atoms with E-state index in [-0.39, 0.29) is 23.9 Å². The zero-order valence-electron chi connectivity index (χ0n) is 18.4. The summed E-state index contributed by atoms with van der Waals surface area (Å²) in [4.78, 5) is 27.1. The summed E-state index contributed by atoms with van der Waals surface area (Å²) in [6, 6.07) is 16.7. The van der Waals surface area contributed by atoms with E-state index in [1.54, 1.807) is 48.5 Å². The molecule has 3 aromatic rings. The number of carbonyl (C=O) groups excluding carboxylic acids is 1. The van der Waals surface area contributed by atoms with Gasteiger partial charge in [0, 0.05) is 12.1 Å². The maximum Gasteiger partial charge on any atom is 0.363 e. The molecule has 0 amide bonds. The first-order chi connectivity index (χ1) is 16.9. The Bertz CT molecular complexity index is 1350. The Kier molecular flexibility index (Phi) is 7.67. The minimum Gasteiger partial charge on any atom is -0.490 e. The van der Waals surface area contributed by atoms with E-state index in [1.165, 1.54) is 12.1 Å². The average Bonchev–Trinajstić information content (AvgIpc) is 3.19. The van der Waals surface area contributed by atoms with Crippen LogP contribution >= 0.6 is 34.2 Å². The predicted octanol–water partition coefficient (Wildman–Crippen LogP) is 6.18. The number of hydrogen-bond donors (Lipinski definition) is 0. The normalized spacial score (nSPS) is 14.0. The van der Waals surface area contributed by atoms with E-state index >= 15 is 0 Å². The Balaban J connectivity index is 1.59. The van der Waals surface area contributed by atoms with E-state index in [9.17, 15) is 14.9 Å². The Morgan fingerprint density at radius 3 is 2.57 bits per heavy atom. The lowest BCUT2D eigenvalue weighted by Crippen LogP contribution is -2.05. The molecule has 0 N–H and O–H groups in total. The number of nitro groups is 1. The first-order valence-electron chi connectivity index (χ1n) is 10.5. The van der Waals surface area contributed by atoms with Gasteiger partial charge in [0.15, 0.2) is 17.2 Å². The van der Waals surface area contributed by atoms with Crippen molar-refractivity contribution >= 4 is 57.8 Å². The SMILES string of the molecule is CCOc1cc(/C=C2\N=C(c3ccccc3Cl)OC2=O)cc(I)c1OCc1ccc([N+](=O)[O-])cc1. The van der Waals surface area contributed by atoms with Crippen LogP contribution in [0.5, 0.6) is 11.5 Å². The molecule has 0 bridgehead atoms. The molecule has 3 aromatic carbocycles. The quantitative estimate of drug-likeness (QED) is 0.100. The molecule has 0 fully saturated rings. The molecule has 1 aliphatic rings. The van der Waals surface area contributed by atoms with Gasteiger partial charge in [-0.05, 0) is 83.1 Å². The van der Waals surface area contributed by atoms with Crippen LogP contribution in [0.1, 0.15) is 23.6 Å². The molecule has 0 spiro atoms. The van der Waals surface area contributed by atoms with Crippen LogP contribution in [0.3, 0.4) is 0 Å². The predicted molar refractivity (Wildman–Crippen MR) is 140 cm³/mol. The summed E-state index contributed by atoms with van der Waals surface area (Å²) >= 11 is 8.32. The Morgan fingerprint density at radius 2 is 1.89 bits per heavy atom. The van der Waals surface area contributed by atoms with Gasteiger partial charge in [0.05, 0.1) is 25.7 Å². The van der Waals surface area contributed by atoms with Gasteiger partial charge in [-0.15, -0.1) is 0 Å². The molecule has 1 heterocycles. The standard InChI is InChI=1S/C25H18ClIN2O6/c1-2-33-22-13-16(12-21-25(30)35-24(28-21)18-5-3-4-6-19(18)26)11-20(27)23(22)34-14-15-7-9-17(10-8-15)29(31)32/h3-13H,2,14H2,1H3/b21-12-. The van der Waals surface area contributed by atoms with Crippen LogP contribution in [0.15, 0.2) is 71.4 Å². The number of non-ortho nitro benzene ring substituents is 1. The molecule has 0 unspecified atom stereocenters. The van der Waals surface area contributed by atoms with E-state index in [4.69, 9.17) is 25.8 Å². The number of halogens is 2. The monoisotopic (exact) mass is 604 g/mol. The van der Waals surface area contributed by atoms with Crippen molar-refractivity contribution in [2.24, 2.45) is 4.99 Å². The Hall–Kier alpha value is -3.44. The fourth-order valence-electron chi connectivity index (χ4n) is 3.26. The lowest BCUT2D eigenvalue weighted by Gasteiger charge is -2.15. The number of aliphatic imine (C=N–C) groups is 1. The molecular weight excluding hydrogens is 587 g/mol. The molecule has 4 rings (SSSR count). The van der Waals surface area contributed by atoms with Crippen LogP contribution < -0.4 is 9.47 Å². The zero-order valence-corrected chi connectivity index (χ0v) is 21.3. The molecule has 0 saturated heterocycles. The first kappa shape index (κ1) is 24.7. The summed E-state index contributed by atoms with van der Waals surface area (Å²) in [5.74, 6) is 0.595. The molecule has 8 nitrogen and oxygen atoms in total. The summed E-state index contributed by atoms with van der Waals surface area (Å²) in [6.07, 6.45) is 1.61. The van der Waals surface area contributed by atoms with Crippen molar-refractivity contribution in [2.45, 2.75) is 13.5 Å². The van der Waals surface area contributed by atoms with E-state index in [0.717, 1.165) is 9.13 Å². The maximum atomic E-state index is 12.4. The van der Waals surface area contributed by atoms with Crippen LogP contribution in [-0.4, -0.2) is 23.4 Å². The largest absolute Gasteiger partial charge is 0.490 e. The van der Waals surface area contributed by atoms with Gasteiger partial charge in [-0.2, -0.15) is 0 Å². The van der Waals surface area contributed by atoms with Crippen molar-refractivity contribution in [3.05, 3.63) is 102 Å². The third kappa shape index (κ3) is 5.80. The van der Waals surface area contributed by atoms with Crippen LogP contribution in [0.2, 0.25) is 5.02 Å². The molecular formula is C25H18ClIN2O6. The highest BCUT2D eigenvalue weighted by atomic mass is 127. The number of benzene rings is 3. The molecule has 10 heteroatoms. The number of nitrogens with zero attached hydrogens (tertiary/aromatic N) is 2. The number of hydrogen-bond acceptors (Lipinski definition) is 7. The Morgan fingerprint density at radius 1 is 1.14 bits per heavy atom. The number of carbonyl (C=O) groups is 1. The fourth-order valence-corrected chi connectivity index (χ4v) is 4.26. The lowest BCUT2D eigenvalue weighted by atomic mass is 10.1. The van der Waals surface area contributed by atoms with E-state index < -0.39 is 10.9 Å². The van der Waals surface area contributed by atoms with Crippen molar-refractivity contribution in [1.29, 1.82) is 0 Å². The number of rotatable bonds is 8. The van der Waals surface area contributed by atoms with Gasteiger partial charge in [0.25, 0.3) is 5.69 Å². The zero-order chi connectivity index (χ0) is 24.9. The van der Waals surface area contributed by atoms with E-state index in [1.807, 2.05) is 13.0 Å². The minimum atomic E-state index is -0.577. The smallest absolute Gasteiger partial charge is 0.363 e. The van der Waals surface area contributed by atoms with Gasteiger partial charge in [-0.25, -0.2) is 9.79 Å². The van der Waals surface area contributed by atoms with Crippen LogP contribution in [0, 0.1) is 13.7 Å². The van der Waals surface area contributed by atoms with Crippen molar-refractivity contribution in [3.8, 4) is 11.5 Å². The van der Waals surface area contributed by atoms with Gasteiger partial charge in [-0.3, -0.25) is 10.1 Å². The topological polar surface area (TPSA) is 100 Å².